The lowest BCUT2D eigenvalue weighted by atomic mass is 10.0. The highest BCUT2D eigenvalue weighted by atomic mass is 35.5. The fourth-order valence-corrected chi connectivity index (χ4v) is 2.60. The second-order valence-electron chi connectivity index (χ2n) is 4.82. The van der Waals surface area contributed by atoms with Crippen molar-refractivity contribution in [3.05, 3.63) is 28.2 Å². The lowest BCUT2D eigenvalue weighted by Gasteiger charge is -2.25. The summed E-state index contributed by atoms with van der Waals surface area (Å²) in [6.45, 7) is 5.71. The Labute approximate surface area is 121 Å². The van der Waals surface area contributed by atoms with Gasteiger partial charge >= 0.3 is 6.03 Å². The van der Waals surface area contributed by atoms with E-state index in [0.29, 0.717) is 22.3 Å². The zero-order valence-corrected chi connectivity index (χ0v) is 12.4. The molecule has 0 atom stereocenters. The highest BCUT2D eigenvalue weighted by Crippen LogP contribution is 2.36. The number of nitrogens with zero attached hydrogens (tertiary/aromatic N) is 2. The van der Waals surface area contributed by atoms with Crippen molar-refractivity contribution in [2.45, 2.75) is 26.3 Å². The number of anilines is 1. The molecule has 1 saturated heterocycles. The number of hydrogen-bond donors (Lipinski definition) is 0. The van der Waals surface area contributed by atoms with Crippen LogP contribution < -0.4 is 4.90 Å². The van der Waals surface area contributed by atoms with Crippen molar-refractivity contribution in [3.8, 4) is 0 Å². The smallest absolute Gasteiger partial charge is 0.310 e. The van der Waals surface area contributed by atoms with Gasteiger partial charge in [0.05, 0.1) is 10.7 Å². The van der Waals surface area contributed by atoms with Crippen LogP contribution >= 0.6 is 23.2 Å². The van der Waals surface area contributed by atoms with Crippen LogP contribution in [-0.2, 0) is 4.79 Å². The van der Waals surface area contributed by atoms with Gasteiger partial charge in [-0.25, -0.2) is 9.69 Å². The Morgan fingerprint density at radius 3 is 2.37 bits per heavy atom. The van der Waals surface area contributed by atoms with E-state index in [4.69, 9.17) is 23.2 Å². The molecule has 0 aliphatic carbocycles. The van der Waals surface area contributed by atoms with Crippen molar-refractivity contribution in [2.24, 2.45) is 0 Å². The zero-order valence-electron chi connectivity index (χ0n) is 10.9. The summed E-state index contributed by atoms with van der Waals surface area (Å²) in [5.41, 5.74) is -0.550. The van der Waals surface area contributed by atoms with E-state index in [1.54, 1.807) is 26.0 Å². The molecule has 4 nitrogen and oxygen atoms in total. The molecule has 0 N–H and O–H groups in total. The summed E-state index contributed by atoms with van der Waals surface area (Å²) >= 11 is 12.0. The van der Waals surface area contributed by atoms with Gasteiger partial charge in [-0.05, 0) is 39.0 Å². The molecule has 0 aromatic heterocycles. The number of urea groups is 1. The van der Waals surface area contributed by atoms with Crippen molar-refractivity contribution >= 4 is 40.8 Å². The molecule has 3 amide bonds. The van der Waals surface area contributed by atoms with E-state index in [1.807, 2.05) is 6.92 Å². The minimum atomic E-state index is -0.878. The van der Waals surface area contributed by atoms with Gasteiger partial charge in [0.2, 0.25) is 0 Å². The Morgan fingerprint density at radius 1 is 1.21 bits per heavy atom. The fraction of sp³-hybridized carbons (Fsp3) is 0.385. The molecule has 1 fully saturated rings. The summed E-state index contributed by atoms with van der Waals surface area (Å²) in [6.07, 6.45) is 0. The molecule has 102 valence electrons. The van der Waals surface area contributed by atoms with Gasteiger partial charge in [0.1, 0.15) is 5.54 Å². The minimum absolute atomic E-state index is 0.302. The maximum Gasteiger partial charge on any atom is 0.332 e. The largest absolute Gasteiger partial charge is 0.332 e. The Hall–Kier alpha value is -1.26. The predicted molar refractivity (Wildman–Crippen MR) is 75.8 cm³/mol. The van der Waals surface area contributed by atoms with Gasteiger partial charge in [-0.2, -0.15) is 0 Å². The molecule has 1 aliphatic rings. The average molecular weight is 301 g/mol. The molecular weight excluding hydrogens is 287 g/mol. The summed E-state index contributed by atoms with van der Waals surface area (Å²) in [4.78, 5) is 27.4. The number of likely N-dealkylation sites (N-methyl/N-ethyl adjacent to an activating group) is 1. The van der Waals surface area contributed by atoms with E-state index in [2.05, 4.69) is 0 Å². The molecule has 1 aliphatic heterocycles. The van der Waals surface area contributed by atoms with Crippen LogP contribution in [0.5, 0.6) is 0 Å². The number of rotatable bonds is 2. The van der Waals surface area contributed by atoms with Gasteiger partial charge in [0.25, 0.3) is 5.91 Å². The van der Waals surface area contributed by atoms with Gasteiger partial charge in [-0.1, -0.05) is 23.2 Å². The third kappa shape index (κ3) is 2.09. The fourth-order valence-electron chi connectivity index (χ4n) is 2.24. The molecule has 0 unspecified atom stereocenters. The molecule has 0 radical (unpaired) electrons. The van der Waals surface area contributed by atoms with Crippen LogP contribution in [0.25, 0.3) is 0 Å². The van der Waals surface area contributed by atoms with Crippen LogP contribution in [0.15, 0.2) is 18.2 Å². The summed E-state index contributed by atoms with van der Waals surface area (Å²) < 4.78 is 0. The van der Waals surface area contributed by atoms with Gasteiger partial charge in [-0.3, -0.25) is 4.79 Å². The lowest BCUT2D eigenvalue weighted by Crippen LogP contribution is -2.43. The number of imide groups is 1. The van der Waals surface area contributed by atoms with Crippen LogP contribution in [0.1, 0.15) is 20.8 Å². The number of halogens is 2. The van der Waals surface area contributed by atoms with E-state index >= 15 is 0 Å². The molecule has 0 bridgehead atoms. The van der Waals surface area contributed by atoms with E-state index in [9.17, 15) is 9.59 Å². The maximum absolute atomic E-state index is 12.4. The van der Waals surface area contributed by atoms with Gasteiger partial charge in [0.15, 0.2) is 0 Å². The predicted octanol–water partition coefficient (Wildman–Crippen LogP) is 3.56. The normalized spacial score (nSPS) is 18.4. The molecule has 19 heavy (non-hydrogen) atoms. The van der Waals surface area contributed by atoms with Gasteiger partial charge < -0.3 is 4.90 Å². The number of amides is 3. The van der Waals surface area contributed by atoms with Crippen molar-refractivity contribution in [1.82, 2.24) is 4.90 Å². The third-order valence-electron chi connectivity index (χ3n) is 3.29. The number of benzene rings is 1. The van der Waals surface area contributed by atoms with Crippen LogP contribution in [0.2, 0.25) is 10.0 Å². The second-order valence-corrected chi connectivity index (χ2v) is 5.67. The first kappa shape index (κ1) is 14.2. The monoisotopic (exact) mass is 300 g/mol. The SMILES string of the molecule is CCN1C(=O)N(c2cc(Cl)ccc2Cl)C(=O)C1(C)C. The molecule has 1 heterocycles. The molecule has 1 aromatic rings. The van der Waals surface area contributed by atoms with Crippen molar-refractivity contribution < 1.29 is 9.59 Å². The zero-order chi connectivity index (χ0) is 14.4. The topological polar surface area (TPSA) is 40.6 Å². The standard InChI is InChI=1S/C13H14Cl2N2O2/c1-4-16-12(19)17(11(18)13(16,2)3)10-7-8(14)5-6-9(10)15/h5-7H,4H2,1-3H3. The van der Waals surface area contributed by atoms with Gasteiger partial charge in [-0.15, -0.1) is 0 Å². The highest BCUT2D eigenvalue weighted by molar-refractivity contribution is 6.37. The van der Waals surface area contributed by atoms with Crippen molar-refractivity contribution in [3.63, 3.8) is 0 Å². The van der Waals surface area contributed by atoms with E-state index in [-0.39, 0.29) is 11.9 Å². The van der Waals surface area contributed by atoms with Crippen LogP contribution in [0.3, 0.4) is 0 Å². The number of hydrogen-bond acceptors (Lipinski definition) is 2. The Kier molecular flexibility index (Phi) is 3.49. The van der Waals surface area contributed by atoms with Crippen LogP contribution in [0.4, 0.5) is 10.5 Å². The minimum Gasteiger partial charge on any atom is -0.310 e. The quantitative estimate of drug-likeness (QED) is 0.784. The first-order valence-electron chi connectivity index (χ1n) is 5.92. The number of carbonyl (C=O) groups excluding carboxylic acids is 2. The average Bonchev–Trinajstić information content (AvgIpc) is 2.50. The first-order chi connectivity index (χ1) is 8.80. The summed E-state index contributed by atoms with van der Waals surface area (Å²) in [7, 11) is 0. The summed E-state index contributed by atoms with van der Waals surface area (Å²) in [6, 6.07) is 4.33. The number of carbonyl (C=O) groups is 2. The Bertz CT molecular complexity index is 558. The summed E-state index contributed by atoms with van der Waals surface area (Å²) in [5, 5.41) is 0.743. The van der Waals surface area contributed by atoms with Crippen molar-refractivity contribution in [1.29, 1.82) is 0 Å². The maximum atomic E-state index is 12.4. The van der Waals surface area contributed by atoms with Gasteiger partial charge in [0, 0.05) is 11.6 Å². The Balaban J connectivity index is 2.54. The van der Waals surface area contributed by atoms with E-state index in [0.717, 1.165) is 4.90 Å². The molecule has 6 heteroatoms. The lowest BCUT2D eigenvalue weighted by molar-refractivity contribution is -0.123. The third-order valence-corrected chi connectivity index (χ3v) is 3.84. The van der Waals surface area contributed by atoms with E-state index < -0.39 is 5.54 Å². The van der Waals surface area contributed by atoms with Crippen LogP contribution in [0, 0.1) is 0 Å². The van der Waals surface area contributed by atoms with E-state index in [1.165, 1.54) is 11.0 Å². The molecule has 0 saturated carbocycles. The molecular formula is C13H14Cl2N2O2. The summed E-state index contributed by atoms with van der Waals surface area (Å²) in [5.74, 6) is -0.302. The molecule has 0 spiro atoms. The molecule has 2 rings (SSSR count). The Morgan fingerprint density at radius 2 is 1.84 bits per heavy atom. The van der Waals surface area contributed by atoms with Crippen LogP contribution in [-0.4, -0.2) is 28.9 Å². The first-order valence-corrected chi connectivity index (χ1v) is 6.67. The highest BCUT2D eigenvalue weighted by Gasteiger charge is 2.51. The second kappa shape index (κ2) is 4.69. The molecule has 1 aromatic carbocycles. The van der Waals surface area contributed by atoms with Crippen molar-refractivity contribution in [2.75, 3.05) is 11.4 Å².